The number of methoxy groups -OCH3 is 1. The normalized spacial score (nSPS) is 30.2. The number of sulfonamides is 1. The van der Waals surface area contributed by atoms with E-state index in [1.165, 1.54) is 4.31 Å². The Hall–Kier alpha value is -3.40. The van der Waals surface area contributed by atoms with E-state index in [9.17, 15) is 18.3 Å². The molecule has 8 nitrogen and oxygen atoms in total. The third-order valence-electron chi connectivity index (χ3n) is 9.52. The minimum absolute atomic E-state index is 0.110. The lowest BCUT2D eigenvalue weighted by Crippen LogP contribution is -2.78. The fourth-order valence-electron chi connectivity index (χ4n) is 7.86. The first kappa shape index (κ1) is 25.6. The van der Waals surface area contributed by atoms with Crippen molar-refractivity contribution in [3.05, 3.63) is 89.5 Å². The van der Waals surface area contributed by atoms with E-state index in [1.54, 1.807) is 37.4 Å². The lowest BCUT2D eigenvalue weighted by Gasteiger charge is -2.63. The minimum Gasteiger partial charge on any atom is -0.493 e. The number of ether oxygens (including phenoxy) is 2. The van der Waals surface area contributed by atoms with E-state index in [1.807, 2.05) is 42.5 Å². The predicted molar refractivity (Wildman–Crippen MR) is 148 cm³/mol. The van der Waals surface area contributed by atoms with E-state index in [4.69, 9.17) is 9.47 Å². The van der Waals surface area contributed by atoms with E-state index in [0.717, 1.165) is 16.7 Å². The van der Waals surface area contributed by atoms with Crippen LogP contribution in [0.3, 0.4) is 0 Å². The van der Waals surface area contributed by atoms with Crippen molar-refractivity contribution in [3.8, 4) is 11.5 Å². The molecule has 5 atom stereocenters. The summed E-state index contributed by atoms with van der Waals surface area (Å²) in [6.45, 7) is 0.241. The van der Waals surface area contributed by atoms with Gasteiger partial charge in [-0.15, -0.1) is 0 Å². The molecular weight excluding hydrogens is 528 g/mol. The maximum Gasteiger partial charge on any atom is 0.243 e. The Labute approximate surface area is 234 Å². The Balaban J connectivity index is 1.30. The fraction of sp³-hybridized carbons (Fsp3) is 0.387. The van der Waals surface area contributed by atoms with E-state index in [-0.39, 0.29) is 29.8 Å². The zero-order valence-corrected chi connectivity index (χ0v) is 23.1. The quantitative estimate of drug-likeness (QED) is 0.481. The van der Waals surface area contributed by atoms with E-state index in [2.05, 4.69) is 5.32 Å². The highest BCUT2D eigenvalue weighted by atomic mass is 32.2. The molecule has 2 bridgehead atoms. The number of rotatable bonds is 6. The van der Waals surface area contributed by atoms with E-state index >= 15 is 0 Å². The Morgan fingerprint density at radius 3 is 2.52 bits per heavy atom. The summed E-state index contributed by atoms with van der Waals surface area (Å²) in [4.78, 5) is 13.4. The van der Waals surface area contributed by atoms with Gasteiger partial charge in [0.15, 0.2) is 11.5 Å². The van der Waals surface area contributed by atoms with Crippen LogP contribution in [0, 0.1) is 0 Å². The molecular formula is C31H32N2O6S. The van der Waals surface area contributed by atoms with Crippen LogP contribution in [0.2, 0.25) is 0 Å². The maximum absolute atomic E-state index is 13.9. The van der Waals surface area contributed by atoms with Crippen LogP contribution in [-0.4, -0.2) is 61.2 Å². The lowest BCUT2D eigenvalue weighted by molar-refractivity contribution is -0.177. The molecule has 3 aromatic rings. The summed E-state index contributed by atoms with van der Waals surface area (Å²) in [5, 5.41) is 15.9. The van der Waals surface area contributed by atoms with Gasteiger partial charge >= 0.3 is 0 Å². The average molecular weight is 561 g/mol. The molecule has 0 aromatic heterocycles. The molecule has 3 aromatic carbocycles. The molecule has 9 heteroatoms. The third kappa shape index (κ3) is 3.44. The number of benzene rings is 3. The van der Waals surface area contributed by atoms with Crippen LogP contribution in [0.5, 0.6) is 11.5 Å². The van der Waals surface area contributed by atoms with Crippen LogP contribution in [0.25, 0.3) is 0 Å². The Morgan fingerprint density at radius 1 is 1.07 bits per heavy atom. The second-order valence-corrected chi connectivity index (χ2v) is 13.2. The standard InChI is InChI=1S/C31H32N2O6S/c1-38-24-13-12-21-19-25-31(35)15-14-23(32-26(34)18-20-8-4-2-5-9-20)29-30(31,27(21)28(24)39-29)16-17-33(25)40(36,37)22-10-6-3-7-11-22/h2-13,23,25,29,35H,14-19H2,1H3,(H,32,34)/t23-,25-,29+,30+,31-/m0/s1. The van der Waals surface area contributed by atoms with Crippen molar-refractivity contribution >= 4 is 15.9 Å². The molecule has 208 valence electrons. The topological polar surface area (TPSA) is 105 Å². The number of nitrogens with zero attached hydrogens (tertiary/aromatic N) is 1. The molecule has 1 saturated carbocycles. The smallest absolute Gasteiger partial charge is 0.243 e. The van der Waals surface area contributed by atoms with Gasteiger partial charge < -0.3 is 19.9 Å². The predicted octanol–water partition coefficient (Wildman–Crippen LogP) is 2.97. The number of carbonyl (C=O) groups excluding carboxylic acids is 1. The number of piperidine rings is 1. The molecule has 1 saturated heterocycles. The number of hydrogen-bond acceptors (Lipinski definition) is 6. The molecule has 0 unspecified atom stereocenters. The molecule has 2 heterocycles. The second-order valence-electron chi connectivity index (χ2n) is 11.3. The molecule has 0 radical (unpaired) electrons. The summed E-state index contributed by atoms with van der Waals surface area (Å²) in [7, 11) is -2.26. The van der Waals surface area contributed by atoms with Gasteiger partial charge in [-0.25, -0.2) is 8.42 Å². The molecule has 1 spiro atoms. The first-order chi connectivity index (χ1) is 19.3. The summed E-state index contributed by atoms with van der Waals surface area (Å²) >= 11 is 0. The Morgan fingerprint density at radius 2 is 1.80 bits per heavy atom. The van der Waals surface area contributed by atoms with Crippen LogP contribution >= 0.6 is 0 Å². The van der Waals surface area contributed by atoms with Crippen molar-refractivity contribution in [3.63, 3.8) is 0 Å². The van der Waals surface area contributed by atoms with Crippen LogP contribution in [0.4, 0.5) is 0 Å². The van der Waals surface area contributed by atoms with Crippen molar-refractivity contribution < 1.29 is 27.8 Å². The van der Waals surface area contributed by atoms with Gasteiger partial charge in [-0.05, 0) is 55.0 Å². The molecule has 2 N–H and O–H groups in total. The summed E-state index contributed by atoms with van der Waals surface area (Å²) in [5.74, 6) is 1.07. The molecule has 2 fully saturated rings. The van der Waals surface area contributed by atoms with Crippen molar-refractivity contribution in [1.82, 2.24) is 9.62 Å². The molecule has 4 aliphatic rings. The highest BCUT2D eigenvalue weighted by Gasteiger charge is 2.74. The highest BCUT2D eigenvalue weighted by molar-refractivity contribution is 7.89. The second kappa shape index (κ2) is 9.06. The zero-order valence-electron chi connectivity index (χ0n) is 22.2. The van der Waals surface area contributed by atoms with Crippen LogP contribution in [0.1, 0.15) is 36.0 Å². The van der Waals surface area contributed by atoms with E-state index < -0.39 is 33.2 Å². The van der Waals surface area contributed by atoms with Gasteiger partial charge in [0, 0.05) is 12.1 Å². The van der Waals surface area contributed by atoms with Gasteiger partial charge in [-0.1, -0.05) is 54.6 Å². The summed E-state index contributed by atoms with van der Waals surface area (Å²) in [5.41, 5.74) is 0.540. The first-order valence-electron chi connectivity index (χ1n) is 13.8. The third-order valence-corrected chi connectivity index (χ3v) is 11.4. The van der Waals surface area contributed by atoms with Gasteiger partial charge in [-0.3, -0.25) is 4.79 Å². The highest BCUT2D eigenvalue weighted by Crippen LogP contribution is 2.65. The van der Waals surface area contributed by atoms with Crippen molar-refractivity contribution in [2.45, 2.75) is 66.2 Å². The number of nitrogens with one attached hydrogen (secondary N) is 1. The van der Waals surface area contributed by atoms with Gasteiger partial charge in [0.2, 0.25) is 15.9 Å². The molecule has 2 aliphatic carbocycles. The summed E-state index contributed by atoms with van der Waals surface area (Å²) < 4.78 is 41.6. The average Bonchev–Trinajstić information content (AvgIpc) is 3.31. The number of carbonyl (C=O) groups is 1. The number of aliphatic hydroxyl groups is 1. The Bertz CT molecular complexity index is 1580. The SMILES string of the molecule is COc1ccc2c3c1O[C@@H]1[C@@H](NC(=O)Cc4ccccc4)CC[C@]4(O)[C@H](C2)N(S(=O)(=O)c2ccccc2)CC[C@@]314. The van der Waals surface area contributed by atoms with Crippen LogP contribution < -0.4 is 14.8 Å². The fourth-order valence-corrected chi connectivity index (χ4v) is 9.55. The van der Waals surface area contributed by atoms with E-state index in [0.29, 0.717) is 37.2 Å². The van der Waals surface area contributed by atoms with Crippen LogP contribution in [-0.2, 0) is 33.1 Å². The molecule has 40 heavy (non-hydrogen) atoms. The van der Waals surface area contributed by atoms with Gasteiger partial charge in [0.1, 0.15) is 6.10 Å². The van der Waals surface area contributed by atoms with Crippen LogP contribution in [0.15, 0.2) is 77.7 Å². The summed E-state index contributed by atoms with van der Waals surface area (Å²) in [6.07, 6.45) is 1.23. The van der Waals surface area contributed by atoms with Gasteiger partial charge in [0.05, 0.1) is 41.5 Å². The van der Waals surface area contributed by atoms with Crippen molar-refractivity contribution in [2.75, 3.05) is 13.7 Å². The monoisotopic (exact) mass is 560 g/mol. The Kier molecular flexibility index (Phi) is 5.79. The number of hydrogen-bond donors (Lipinski definition) is 2. The van der Waals surface area contributed by atoms with Crippen molar-refractivity contribution in [1.29, 1.82) is 0 Å². The maximum atomic E-state index is 13.9. The lowest BCUT2D eigenvalue weighted by atomic mass is 9.48. The largest absolute Gasteiger partial charge is 0.493 e. The first-order valence-corrected chi connectivity index (χ1v) is 15.2. The number of amides is 1. The van der Waals surface area contributed by atoms with Gasteiger partial charge in [0.25, 0.3) is 0 Å². The molecule has 2 aliphatic heterocycles. The van der Waals surface area contributed by atoms with Gasteiger partial charge in [-0.2, -0.15) is 4.31 Å². The zero-order chi connectivity index (χ0) is 27.7. The van der Waals surface area contributed by atoms with Crippen molar-refractivity contribution in [2.24, 2.45) is 0 Å². The molecule has 1 amide bonds. The summed E-state index contributed by atoms with van der Waals surface area (Å²) in [6, 6.07) is 20.8. The molecule has 7 rings (SSSR count). The minimum atomic E-state index is -3.85.